The first-order valence-electron chi connectivity index (χ1n) is 27.5. The van der Waals surface area contributed by atoms with Crippen molar-refractivity contribution in [3.63, 3.8) is 0 Å². The van der Waals surface area contributed by atoms with Crippen molar-refractivity contribution in [1.82, 2.24) is 4.90 Å². The molecule has 62 heavy (non-hydrogen) atoms. The van der Waals surface area contributed by atoms with Crippen LogP contribution < -0.4 is 0 Å². The van der Waals surface area contributed by atoms with Crippen LogP contribution >= 0.6 is 0 Å². The molecule has 10 fully saturated rings. The average Bonchev–Trinajstić information content (AvgIpc) is 4.14. The van der Waals surface area contributed by atoms with Gasteiger partial charge in [-0.05, 0) is 191 Å². The van der Waals surface area contributed by atoms with E-state index in [4.69, 9.17) is 0 Å². The Kier molecular flexibility index (Phi) is 6.22. The van der Waals surface area contributed by atoms with Crippen molar-refractivity contribution in [2.75, 3.05) is 13.6 Å². The van der Waals surface area contributed by atoms with Crippen LogP contribution in [0.15, 0.2) is 105 Å². The maximum absolute atomic E-state index is 3.04. The van der Waals surface area contributed by atoms with Gasteiger partial charge in [0, 0.05) is 35.3 Å². The molecule has 1 heterocycles. The van der Waals surface area contributed by atoms with Crippen LogP contribution in [0.3, 0.4) is 0 Å². The van der Waals surface area contributed by atoms with E-state index in [1.165, 1.54) is 90.0 Å². The average molecular weight is 816 g/mol. The summed E-state index contributed by atoms with van der Waals surface area (Å²) in [5, 5.41) is 0. The molecule has 0 bridgehead atoms. The second-order valence-electron chi connectivity index (χ2n) is 25.9. The standard InChI is InChI=1S/C61H69N/c1-3-4-5-6-7-8-9-10-11-12-14-29-15-13-16-30(27-29)59-61-40-26-25-39-37-23-21-35-33-19-17-31-32-18-20-34-36-22-24-38(40)48-46(36)51-44(34)42(32)49-41(31)43(33)50-45(35)47(37)57(60(39,61)28-62(59)2)55-53(50)52(49)54(51)56(55)58(48)61/h13,15-17,19,21,23,25-27,31-36,41-46,48-49,51-52,54-56,58-59H,3-12,14,18,20,22,24,28H2,1-2H3. The number of hydrogen-bond acceptors (Lipinski definition) is 1. The molecule has 1 heteroatoms. The first-order chi connectivity index (χ1) is 30.7. The van der Waals surface area contributed by atoms with Gasteiger partial charge in [-0.15, -0.1) is 0 Å². The first-order valence-corrected chi connectivity index (χ1v) is 27.5. The molecule has 1 saturated heterocycles. The van der Waals surface area contributed by atoms with Crippen molar-refractivity contribution in [2.45, 2.75) is 109 Å². The second-order valence-corrected chi connectivity index (χ2v) is 25.9. The third-order valence-corrected chi connectivity index (χ3v) is 25.2. The molecular weight excluding hydrogens is 747 g/mol. The number of likely N-dealkylation sites (tertiary alicyclic amines) is 1. The Hall–Kier alpha value is -2.64. The maximum Gasteiger partial charge on any atom is 0.0457 e. The number of benzene rings is 1. The van der Waals surface area contributed by atoms with Crippen molar-refractivity contribution >= 4 is 0 Å². The highest BCUT2D eigenvalue weighted by Gasteiger charge is 2.89. The summed E-state index contributed by atoms with van der Waals surface area (Å²) in [5.41, 5.74) is 19.7. The molecule has 1 aromatic carbocycles. The Balaban J connectivity index is 0.831. The van der Waals surface area contributed by atoms with Crippen molar-refractivity contribution in [3.8, 4) is 0 Å². The fourth-order valence-electron chi connectivity index (χ4n) is 25.2. The third-order valence-electron chi connectivity index (χ3n) is 25.2. The Labute approximate surface area is 371 Å². The van der Waals surface area contributed by atoms with Crippen LogP contribution in [0.5, 0.6) is 0 Å². The zero-order valence-electron chi connectivity index (χ0n) is 37.7. The van der Waals surface area contributed by atoms with Crippen molar-refractivity contribution in [2.24, 2.45) is 129 Å². The second kappa shape index (κ2) is 11.1. The molecule has 23 unspecified atom stereocenters. The Morgan fingerprint density at radius 3 is 2.27 bits per heavy atom. The number of unbranched alkanes of at least 4 members (excludes halogenated alkanes) is 9. The molecule has 18 rings (SSSR count). The Morgan fingerprint density at radius 1 is 0.629 bits per heavy atom. The van der Waals surface area contributed by atoms with E-state index < -0.39 is 0 Å². The highest BCUT2D eigenvalue weighted by molar-refractivity contribution is 5.78. The summed E-state index contributed by atoms with van der Waals surface area (Å²) in [6, 6.07) is 11.0. The number of nitrogens with zero attached hydrogens (tertiary/aromatic N) is 1. The smallest absolute Gasteiger partial charge is 0.0457 e. The van der Waals surface area contributed by atoms with Gasteiger partial charge in [-0.25, -0.2) is 0 Å². The van der Waals surface area contributed by atoms with Gasteiger partial charge in [-0.1, -0.05) is 142 Å². The summed E-state index contributed by atoms with van der Waals surface area (Å²) >= 11 is 0. The number of hydrogen-bond donors (Lipinski definition) is 0. The van der Waals surface area contributed by atoms with Crippen LogP contribution in [0, 0.1) is 129 Å². The molecule has 0 radical (unpaired) electrons. The summed E-state index contributed by atoms with van der Waals surface area (Å²) in [6.45, 7) is 3.59. The molecule has 1 aromatic rings. The summed E-state index contributed by atoms with van der Waals surface area (Å²) in [5.74, 6) is 18.4. The summed E-state index contributed by atoms with van der Waals surface area (Å²) < 4.78 is 0. The van der Waals surface area contributed by atoms with E-state index in [1.807, 2.05) is 16.7 Å². The van der Waals surface area contributed by atoms with Crippen LogP contribution in [-0.4, -0.2) is 18.5 Å². The van der Waals surface area contributed by atoms with E-state index in [0.29, 0.717) is 17.9 Å². The fourth-order valence-corrected chi connectivity index (χ4v) is 25.2. The van der Waals surface area contributed by atoms with Gasteiger partial charge in [0.05, 0.1) is 0 Å². The van der Waals surface area contributed by atoms with Crippen molar-refractivity contribution in [1.29, 1.82) is 0 Å². The van der Waals surface area contributed by atoms with Gasteiger partial charge in [0.15, 0.2) is 0 Å². The van der Waals surface area contributed by atoms with Gasteiger partial charge in [0.2, 0.25) is 0 Å². The zero-order chi connectivity index (χ0) is 39.9. The monoisotopic (exact) mass is 816 g/mol. The Morgan fingerprint density at radius 2 is 1.39 bits per heavy atom. The van der Waals surface area contributed by atoms with Crippen molar-refractivity contribution < 1.29 is 0 Å². The number of aryl methyl sites for hydroxylation is 1. The van der Waals surface area contributed by atoms with E-state index >= 15 is 0 Å². The molecule has 17 aliphatic rings. The van der Waals surface area contributed by atoms with Crippen LogP contribution in [0.1, 0.15) is 114 Å². The molecule has 9 saturated carbocycles. The van der Waals surface area contributed by atoms with Gasteiger partial charge >= 0.3 is 0 Å². The van der Waals surface area contributed by atoms with Gasteiger partial charge in [-0.2, -0.15) is 0 Å². The number of rotatable bonds is 12. The SMILES string of the molecule is CCCCCCCCCCCCc1cccc(C2N(C)CC34C5=C6C=CC7C8C6=C3C3C6=C8C8C7C=CC7C9CCC%10C%11CCC%12=C(C=C5)C24C2C%12C%11C4C%10C9C(C6C4C32)C78)c1. The number of allylic oxidation sites excluding steroid dienone is 11. The Bertz CT molecular complexity index is 2550. The number of fused-ring (bicyclic) bond motifs is 3. The highest BCUT2D eigenvalue weighted by Crippen LogP contribution is 2.94. The molecule has 0 amide bonds. The van der Waals surface area contributed by atoms with Crippen LogP contribution in [0.25, 0.3) is 0 Å². The lowest BCUT2D eigenvalue weighted by molar-refractivity contribution is -0.143. The summed E-state index contributed by atoms with van der Waals surface area (Å²) in [7, 11) is 2.64. The zero-order valence-corrected chi connectivity index (χ0v) is 37.7. The highest BCUT2D eigenvalue weighted by atomic mass is 15.2. The molecule has 16 aliphatic carbocycles. The first kappa shape index (κ1) is 34.7. The van der Waals surface area contributed by atoms with Gasteiger partial charge < -0.3 is 0 Å². The lowest BCUT2D eigenvalue weighted by atomic mass is 9.36. The molecule has 23 atom stereocenters. The van der Waals surface area contributed by atoms with Crippen LogP contribution in [0.2, 0.25) is 0 Å². The molecule has 0 aromatic heterocycles. The minimum Gasteiger partial charge on any atom is -0.297 e. The molecule has 0 N–H and O–H groups in total. The summed E-state index contributed by atoms with van der Waals surface area (Å²) in [6.07, 6.45) is 38.8. The van der Waals surface area contributed by atoms with E-state index in [2.05, 4.69) is 102 Å². The molecule has 1 nitrogen and oxygen atoms in total. The minimum absolute atomic E-state index is 0.145. The molecule has 2 spiro atoms. The van der Waals surface area contributed by atoms with Gasteiger partial charge in [-0.3, -0.25) is 4.90 Å². The lowest BCUT2D eigenvalue weighted by Crippen LogP contribution is -2.63. The van der Waals surface area contributed by atoms with E-state index in [0.717, 1.165) is 107 Å². The molecule has 1 aliphatic heterocycles. The van der Waals surface area contributed by atoms with Crippen molar-refractivity contribution in [3.05, 3.63) is 116 Å². The molecular formula is C61H69N. The van der Waals surface area contributed by atoms with Gasteiger partial charge in [0.25, 0.3) is 0 Å². The lowest BCUT2D eigenvalue weighted by Gasteiger charge is -2.66. The maximum atomic E-state index is 3.04. The van der Waals surface area contributed by atoms with Gasteiger partial charge in [0.1, 0.15) is 0 Å². The largest absolute Gasteiger partial charge is 0.297 e. The van der Waals surface area contributed by atoms with E-state index in [-0.39, 0.29) is 10.8 Å². The van der Waals surface area contributed by atoms with E-state index in [9.17, 15) is 0 Å². The topological polar surface area (TPSA) is 3.24 Å². The fraction of sp³-hybridized carbons (Fsp3) is 0.672. The predicted octanol–water partition coefficient (Wildman–Crippen LogP) is 13.1. The summed E-state index contributed by atoms with van der Waals surface area (Å²) in [4.78, 5) is 3.04. The quantitative estimate of drug-likeness (QED) is 0.150. The third kappa shape index (κ3) is 3.26. The normalized spacial score (nSPS) is 55.1. The predicted molar refractivity (Wildman–Crippen MR) is 246 cm³/mol. The molecule has 318 valence electrons. The van der Waals surface area contributed by atoms with E-state index in [1.54, 1.807) is 29.5 Å². The minimum atomic E-state index is 0.145. The van der Waals surface area contributed by atoms with Crippen LogP contribution in [-0.2, 0) is 6.42 Å². The van der Waals surface area contributed by atoms with Crippen LogP contribution in [0.4, 0.5) is 0 Å².